The number of hydrogen-bond acceptors (Lipinski definition) is 4. The molecule has 3 aromatic rings. The van der Waals surface area contributed by atoms with Crippen LogP contribution in [0.25, 0.3) is 0 Å². The van der Waals surface area contributed by atoms with Crippen LogP contribution in [0.2, 0.25) is 0 Å². The normalized spacial score (nSPS) is 15.2. The number of piperazine rings is 1. The van der Waals surface area contributed by atoms with E-state index in [-0.39, 0.29) is 11.8 Å². The summed E-state index contributed by atoms with van der Waals surface area (Å²) in [5.74, 6) is -0.231. The zero-order chi connectivity index (χ0) is 24.3. The summed E-state index contributed by atoms with van der Waals surface area (Å²) >= 11 is 0. The molecule has 1 saturated heterocycles. The number of benzene rings is 2. The van der Waals surface area contributed by atoms with Gasteiger partial charge in [0.15, 0.2) is 0 Å². The van der Waals surface area contributed by atoms with Gasteiger partial charge in [-0.2, -0.15) is 13.2 Å². The number of hydrogen-bond donors (Lipinski definition) is 1. The zero-order valence-corrected chi connectivity index (χ0v) is 19.1. The standard InChI is InChI=1S/C26H27F3N4O/c1-18-5-3-4-6-23(18)32-13-15-33(16-14-32)25(34)19(2)20-7-9-21(10-8-20)31-22-11-12-30-24(17-22)26(27,28)29/h3-12,17,19H,13-16H2,1-2H3,(H,30,31). The van der Waals surface area contributed by atoms with Crippen LogP contribution in [0, 0.1) is 6.92 Å². The highest BCUT2D eigenvalue weighted by Crippen LogP contribution is 2.30. The lowest BCUT2D eigenvalue weighted by atomic mass is 9.99. The van der Waals surface area contributed by atoms with Crippen LogP contribution >= 0.6 is 0 Å². The molecule has 8 heteroatoms. The first-order valence-corrected chi connectivity index (χ1v) is 11.2. The molecule has 0 spiro atoms. The number of alkyl halides is 3. The summed E-state index contributed by atoms with van der Waals surface area (Å²) in [6.45, 7) is 6.89. The van der Waals surface area contributed by atoms with Gasteiger partial charge in [0, 0.05) is 49.4 Å². The first-order chi connectivity index (χ1) is 16.2. The molecule has 1 amide bonds. The van der Waals surface area contributed by atoms with E-state index >= 15 is 0 Å². The largest absolute Gasteiger partial charge is 0.433 e. The van der Waals surface area contributed by atoms with E-state index in [4.69, 9.17) is 0 Å². The molecule has 2 aromatic carbocycles. The van der Waals surface area contributed by atoms with Crippen molar-refractivity contribution in [3.8, 4) is 0 Å². The SMILES string of the molecule is Cc1ccccc1N1CCN(C(=O)C(C)c2ccc(Nc3ccnc(C(F)(F)F)c3)cc2)CC1. The van der Waals surface area contributed by atoms with Crippen LogP contribution in [0.5, 0.6) is 0 Å². The number of para-hydroxylation sites is 1. The fourth-order valence-electron chi connectivity index (χ4n) is 4.19. The topological polar surface area (TPSA) is 48.5 Å². The Hall–Kier alpha value is -3.55. The maximum absolute atomic E-state index is 13.1. The number of aryl methyl sites for hydroxylation is 1. The van der Waals surface area contributed by atoms with Gasteiger partial charge >= 0.3 is 6.18 Å². The summed E-state index contributed by atoms with van der Waals surface area (Å²) in [5.41, 5.74) is 3.28. The Morgan fingerprint density at radius 1 is 0.971 bits per heavy atom. The molecule has 2 heterocycles. The van der Waals surface area contributed by atoms with Crippen LogP contribution in [0.15, 0.2) is 66.9 Å². The first kappa shape index (κ1) is 23.6. The molecule has 1 N–H and O–H groups in total. The van der Waals surface area contributed by atoms with Crippen LogP contribution in [0.1, 0.15) is 29.7 Å². The van der Waals surface area contributed by atoms with Gasteiger partial charge in [0.2, 0.25) is 5.91 Å². The van der Waals surface area contributed by atoms with Gasteiger partial charge in [0.1, 0.15) is 5.69 Å². The number of nitrogens with one attached hydrogen (secondary N) is 1. The molecule has 1 aliphatic rings. The zero-order valence-electron chi connectivity index (χ0n) is 19.1. The van der Waals surface area contributed by atoms with E-state index in [1.807, 2.05) is 36.1 Å². The third kappa shape index (κ3) is 5.32. The fraction of sp³-hybridized carbons (Fsp3) is 0.308. The Morgan fingerprint density at radius 2 is 1.65 bits per heavy atom. The van der Waals surface area contributed by atoms with E-state index in [2.05, 4.69) is 34.3 Å². The second-order valence-electron chi connectivity index (χ2n) is 8.50. The average molecular weight is 469 g/mol. The molecule has 1 aromatic heterocycles. The summed E-state index contributed by atoms with van der Waals surface area (Å²) in [6, 6.07) is 17.9. The number of aromatic nitrogens is 1. The van der Waals surface area contributed by atoms with Gasteiger partial charge < -0.3 is 15.1 Å². The molecule has 0 radical (unpaired) electrons. The Morgan fingerprint density at radius 3 is 2.29 bits per heavy atom. The van der Waals surface area contributed by atoms with Gasteiger partial charge in [-0.3, -0.25) is 9.78 Å². The minimum atomic E-state index is -4.50. The molecule has 1 unspecified atom stereocenters. The van der Waals surface area contributed by atoms with Gasteiger partial charge in [-0.25, -0.2) is 0 Å². The van der Waals surface area contributed by atoms with E-state index < -0.39 is 11.9 Å². The van der Waals surface area contributed by atoms with Crippen LogP contribution in [-0.4, -0.2) is 42.0 Å². The molecular formula is C26H27F3N4O. The van der Waals surface area contributed by atoms with Gasteiger partial charge in [-0.05, 0) is 55.3 Å². The van der Waals surface area contributed by atoms with E-state index in [9.17, 15) is 18.0 Å². The molecule has 4 rings (SSSR count). The Balaban J connectivity index is 1.36. The van der Waals surface area contributed by atoms with E-state index in [0.717, 1.165) is 30.9 Å². The molecular weight excluding hydrogens is 441 g/mol. The van der Waals surface area contributed by atoms with Crippen molar-refractivity contribution in [2.75, 3.05) is 36.4 Å². The first-order valence-electron chi connectivity index (χ1n) is 11.2. The molecule has 5 nitrogen and oxygen atoms in total. The highest BCUT2D eigenvalue weighted by molar-refractivity contribution is 5.84. The van der Waals surface area contributed by atoms with Crippen molar-refractivity contribution in [3.63, 3.8) is 0 Å². The summed E-state index contributed by atoms with van der Waals surface area (Å²) in [7, 11) is 0. The van der Waals surface area contributed by atoms with E-state index in [1.54, 1.807) is 12.1 Å². The van der Waals surface area contributed by atoms with Crippen molar-refractivity contribution in [2.45, 2.75) is 25.9 Å². The number of halogens is 3. The van der Waals surface area contributed by atoms with Gasteiger partial charge in [0.25, 0.3) is 0 Å². The average Bonchev–Trinajstić information content (AvgIpc) is 2.84. The Bertz CT molecular complexity index is 1140. The second-order valence-corrected chi connectivity index (χ2v) is 8.50. The van der Waals surface area contributed by atoms with Crippen molar-refractivity contribution in [1.82, 2.24) is 9.88 Å². The van der Waals surface area contributed by atoms with E-state index in [0.29, 0.717) is 24.5 Å². The minimum Gasteiger partial charge on any atom is -0.368 e. The number of nitrogens with zero attached hydrogens (tertiary/aromatic N) is 3. The lowest BCUT2D eigenvalue weighted by molar-refractivity contribution is -0.141. The molecule has 1 aliphatic heterocycles. The van der Waals surface area contributed by atoms with Crippen LogP contribution in [0.3, 0.4) is 0 Å². The number of rotatable bonds is 5. The Labute approximate surface area is 197 Å². The summed E-state index contributed by atoms with van der Waals surface area (Å²) in [5, 5.41) is 2.96. The smallest absolute Gasteiger partial charge is 0.368 e. The maximum atomic E-state index is 13.1. The number of pyridine rings is 1. The van der Waals surface area contributed by atoms with Crippen molar-refractivity contribution in [1.29, 1.82) is 0 Å². The predicted molar refractivity (Wildman–Crippen MR) is 127 cm³/mol. The molecule has 0 bridgehead atoms. The number of carbonyl (C=O) groups is 1. The van der Waals surface area contributed by atoms with Gasteiger partial charge in [-0.15, -0.1) is 0 Å². The third-order valence-corrected chi connectivity index (χ3v) is 6.17. The van der Waals surface area contributed by atoms with Gasteiger partial charge in [0.05, 0.1) is 5.92 Å². The quantitative estimate of drug-likeness (QED) is 0.529. The summed E-state index contributed by atoms with van der Waals surface area (Å²) < 4.78 is 38.6. The lowest BCUT2D eigenvalue weighted by Gasteiger charge is -2.37. The summed E-state index contributed by atoms with van der Waals surface area (Å²) in [4.78, 5) is 20.7. The van der Waals surface area contributed by atoms with Crippen molar-refractivity contribution in [2.24, 2.45) is 0 Å². The molecule has 34 heavy (non-hydrogen) atoms. The Kier molecular flexibility index (Phi) is 6.77. The van der Waals surface area contributed by atoms with E-state index in [1.165, 1.54) is 17.3 Å². The number of amides is 1. The molecule has 1 atom stereocenters. The number of carbonyl (C=O) groups excluding carboxylic acids is 1. The third-order valence-electron chi connectivity index (χ3n) is 6.17. The summed E-state index contributed by atoms with van der Waals surface area (Å²) in [6.07, 6.45) is -3.37. The molecule has 0 saturated carbocycles. The van der Waals surface area contributed by atoms with Crippen LogP contribution in [-0.2, 0) is 11.0 Å². The number of anilines is 3. The molecule has 178 valence electrons. The van der Waals surface area contributed by atoms with Crippen LogP contribution in [0.4, 0.5) is 30.2 Å². The van der Waals surface area contributed by atoms with Gasteiger partial charge in [-0.1, -0.05) is 30.3 Å². The monoisotopic (exact) mass is 468 g/mol. The molecule has 1 fully saturated rings. The van der Waals surface area contributed by atoms with Crippen molar-refractivity contribution < 1.29 is 18.0 Å². The van der Waals surface area contributed by atoms with Crippen molar-refractivity contribution >= 4 is 23.0 Å². The lowest BCUT2D eigenvalue weighted by Crippen LogP contribution is -2.50. The fourth-order valence-corrected chi connectivity index (χ4v) is 4.19. The van der Waals surface area contributed by atoms with Crippen LogP contribution < -0.4 is 10.2 Å². The minimum absolute atomic E-state index is 0.0779. The predicted octanol–water partition coefficient (Wildman–Crippen LogP) is 5.60. The maximum Gasteiger partial charge on any atom is 0.433 e. The van der Waals surface area contributed by atoms with Crippen molar-refractivity contribution in [3.05, 3.63) is 83.7 Å². The highest BCUT2D eigenvalue weighted by atomic mass is 19.4. The second kappa shape index (κ2) is 9.75. The highest BCUT2D eigenvalue weighted by Gasteiger charge is 2.32. The molecule has 0 aliphatic carbocycles.